The number of nitro groups is 1. The van der Waals surface area contributed by atoms with Crippen molar-refractivity contribution >= 4 is 51.9 Å². The first-order chi connectivity index (χ1) is 15.4. The molecule has 1 aliphatic rings. The number of hydrogen-bond acceptors (Lipinski definition) is 7. The predicted molar refractivity (Wildman–Crippen MR) is 124 cm³/mol. The van der Waals surface area contributed by atoms with Crippen LogP contribution >= 0.6 is 24.0 Å². The van der Waals surface area contributed by atoms with Crippen LogP contribution in [0.15, 0.2) is 76.1 Å². The molecular weight excluding hydrogens is 450 g/mol. The minimum atomic E-state index is -0.481. The summed E-state index contributed by atoms with van der Waals surface area (Å²) in [6.45, 7) is 0. The first kappa shape index (κ1) is 21.5. The number of carbonyl (C=O) groups excluding carboxylic acids is 2. The lowest BCUT2D eigenvalue weighted by Crippen LogP contribution is -2.45. The third kappa shape index (κ3) is 4.76. The van der Waals surface area contributed by atoms with Gasteiger partial charge in [-0.05, 0) is 29.9 Å². The van der Waals surface area contributed by atoms with Crippen molar-refractivity contribution in [3.63, 3.8) is 0 Å². The molecule has 2 amide bonds. The molecule has 1 aromatic heterocycles. The van der Waals surface area contributed by atoms with Crippen molar-refractivity contribution in [2.75, 3.05) is 0 Å². The highest BCUT2D eigenvalue weighted by Gasteiger charge is 2.33. The molecule has 3 aromatic rings. The Labute approximate surface area is 192 Å². The Morgan fingerprint density at radius 3 is 2.69 bits per heavy atom. The maximum atomic E-state index is 12.7. The van der Waals surface area contributed by atoms with E-state index in [0.717, 1.165) is 22.3 Å². The van der Waals surface area contributed by atoms with E-state index >= 15 is 0 Å². The Bertz CT molecular complexity index is 1250. The summed E-state index contributed by atoms with van der Waals surface area (Å²) in [5, 5.41) is 12.0. The molecule has 0 aliphatic carbocycles. The summed E-state index contributed by atoms with van der Waals surface area (Å²) in [6.07, 6.45) is 1.63. The van der Waals surface area contributed by atoms with Gasteiger partial charge in [0.1, 0.15) is 11.5 Å². The van der Waals surface area contributed by atoms with E-state index in [2.05, 4.69) is 5.43 Å². The van der Waals surface area contributed by atoms with Crippen LogP contribution in [0.25, 0.3) is 17.4 Å². The molecule has 10 heteroatoms. The quantitative estimate of drug-likeness (QED) is 0.250. The maximum Gasteiger partial charge on any atom is 0.285 e. The zero-order valence-corrected chi connectivity index (χ0v) is 18.0. The van der Waals surface area contributed by atoms with E-state index in [9.17, 15) is 19.7 Å². The molecule has 160 valence electrons. The van der Waals surface area contributed by atoms with Crippen LogP contribution in [0.3, 0.4) is 0 Å². The molecule has 1 saturated heterocycles. The molecule has 4 rings (SSSR count). The second-order valence-electron chi connectivity index (χ2n) is 6.72. The van der Waals surface area contributed by atoms with Gasteiger partial charge in [-0.25, -0.2) is 0 Å². The Balaban J connectivity index is 1.47. The van der Waals surface area contributed by atoms with Crippen LogP contribution in [0.1, 0.15) is 11.3 Å². The summed E-state index contributed by atoms with van der Waals surface area (Å²) >= 11 is 6.27. The second-order valence-corrected chi connectivity index (χ2v) is 8.40. The number of non-ortho nitro benzene ring substituents is 1. The van der Waals surface area contributed by atoms with E-state index in [1.807, 2.05) is 30.3 Å². The van der Waals surface area contributed by atoms with Gasteiger partial charge < -0.3 is 4.42 Å². The number of amides is 2. The van der Waals surface area contributed by atoms with Crippen molar-refractivity contribution in [1.82, 2.24) is 10.4 Å². The predicted octanol–water partition coefficient (Wildman–Crippen LogP) is 4.33. The van der Waals surface area contributed by atoms with Crippen LogP contribution < -0.4 is 5.43 Å². The summed E-state index contributed by atoms with van der Waals surface area (Å²) in [6, 6.07) is 18.5. The number of hydrazine groups is 1. The topological polar surface area (TPSA) is 106 Å². The van der Waals surface area contributed by atoms with E-state index in [0.29, 0.717) is 17.1 Å². The smallest absolute Gasteiger partial charge is 0.285 e. The lowest BCUT2D eigenvalue weighted by atomic mass is 10.1. The number of hydrogen-bond donors (Lipinski definition) is 1. The van der Waals surface area contributed by atoms with Crippen LogP contribution in [-0.4, -0.2) is 26.1 Å². The number of thioether (sulfide) groups is 1. The maximum absolute atomic E-state index is 12.7. The van der Waals surface area contributed by atoms with Crippen molar-refractivity contribution < 1.29 is 18.9 Å². The SMILES string of the molecule is O=C(Cc1ccccc1)NN1C(=O)/C(=C/c2ccc(-c3cccc([N+](=O)[O-])c3)o2)SC1=S. The van der Waals surface area contributed by atoms with Gasteiger partial charge in [0, 0.05) is 23.8 Å². The zero-order valence-electron chi connectivity index (χ0n) is 16.4. The largest absolute Gasteiger partial charge is 0.457 e. The van der Waals surface area contributed by atoms with Gasteiger partial charge in [0.15, 0.2) is 4.32 Å². The summed E-state index contributed by atoms with van der Waals surface area (Å²) in [7, 11) is 0. The van der Waals surface area contributed by atoms with Crippen molar-refractivity contribution in [3.05, 3.63) is 93.1 Å². The van der Waals surface area contributed by atoms with Crippen molar-refractivity contribution in [3.8, 4) is 11.3 Å². The van der Waals surface area contributed by atoms with Crippen LogP contribution in [0.4, 0.5) is 5.69 Å². The first-order valence-electron chi connectivity index (χ1n) is 9.37. The lowest BCUT2D eigenvalue weighted by molar-refractivity contribution is -0.384. The van der Waals surface area contributed by atoms with Gasteiger partial charge in [0.2, 0.25) is 5.91 Å². The number of rotatable bonds is 6. The number of nitrogens with zero attached hydrogens (tertiary/aromatic N) is 2. The fraction of sp³-hybridized carbons (Fsp3) is 0.0455. The van der Waals surface area contributed by atoms with Gasteiger partial charge in [0.25, 0.3) is 11.6 Å². The summed E-state index contributed by atoms with van der Waals surface area (Å²) in [4.78, 5) is 35.8. The van der Waals surface area contributed by atoms with E-state index in [1.165, 1.54) is 18.2 Å². The first-order valence-corrected chi connectivity index (χ1v) is 10.6. The van der Waals surface area contributed by atoms with Gasteiger partial charge in [-0.1, -0.05) is 54.2 Å². The highest BCUT2D eigenvalue weighted by Crippen LogP contribution is 2.33. The van der Waals surface area contributed by atoms with E-state index in [4.69, 9.17) is 16.6 Å². The molecule has 0 bridgehead atoms. The molecule has 0 saturated carbocycles. The van der Waals surface area contributed by atoms with Gasteiger partial charge >= 0.3 is 0 Å². The normalized spacial score (nSPS) is 14.8. The van der Waals surface area contributed by atoms with Crippen molar-refractivity contribution in [2.24, 2.45) is 0 Å². The standard InChI is InChI=1S/C22H15N3O5S2/c26-20(11-14-5-2-1-3-6-14)23-24-21(27)19(32-22(24)31)13-17-9-10-18(30-17)15-7-4-8-16(12-15)25(28)29/h1-10,12-13H,11H2,(H,23,26)/b19-13-. The Morgan fingerprint density at radius 1 is 1.16 bits per heavy atom. The summed E-state index contributed by atoms with van der Waals surface area (Å²) < 4.78 is 5.93. The average Bonchev–Trinajstić information content (AvgIpc) is 3.35. The van der Waals surface area contributed by atoms with E-state index in [1.54, 1.807) is 24.3 Å². The molecule has 0 atom stereocenters. The molecular formula is C22H15N3O5S2. The van der Waals surface area contributed by atoms with E-state index in [-0.39, 0.29) is 27.2 Å². The summed E-state index contributed by atoms with van der Waals surface area (Å²) in [5.74, 6) is -0.0244. The average molecular weight is 466 g/mol. The molecule has 2 heterocycles. The fourth-order valence-electron chi connectivity index (χ4n) is 3.00. The van der Waals surface area contributed by atoms with Crippen LogP contribution in [0, 0.1) is 10.1 Å². The fourth-order valence-corrected chi connectivity index (χ4v) is 4.16. The molecule has 1 aliphatic heterocycles. The number of nitrogens with one attached hydrogen (secondary N) is 1. The van der Waals surface area contributed by atoms with Crippen molar-refractivity contribution in [1.29, 1.82) is 0 Å². The molecule has 0 spiro atoms. The van der Waals surface area contributed by atoms with Crippen molar-refractivity contribution in [2.45, 2.75) is 6.42 Å². The number of thiocarbonyl (C=S) groups is 1. The van der Waals surface area contributed by atoms with E-state index < -0.39 is 10.8 Å². The molecule has 8 nitrogen and oxygen atoms in total. The van der Waals surface area contributed by atoms with Gasteiger partial charge in [-0.15, -0.1) is 0 Å². The number of carbonyl (C=O) groups is 2. The van der Waals surface area contributed by atoms with Gasteiger partial charge in [-0.3, -0.25) is 25.1 Å². The third-order valence-electron chi connectivity index (χ3n) is 4.48. The molecule has 1 fully saturated rings. The van der Waals surface area contributed by atoms with Gasteiger partial charge in [0.05, 0.1) is 16.2 Å². The number of nitro benzene ring substituents is 1. The molecule has 1 N–H and O–H groups in total. The monoisotopic (exact) mass is 465 g/mol. The second kappa shape index (κ2) is 9.16. The Hall–Kier alpha value is -3.76. The molecule has 2 aromatic carbocycles. The van der Waals surface area contributed by atoms with Crippen LogP contribution in [0.5, 0.6) is 0 Å². The Kier molecular flexibility index (Phi) is 6.15. The zero-order chi connectivity index (χ0) is 22.7. The molecule has 32 heavy (non-hydrogen) atoms. The van der Waals surface area contributed by atoms with Crippen LogP contribution in [-0.2, 0) is 16.0 Å². The molecule has 0 unspecified atom stereocenters. The van der Waals surface area contributed by atoms with Crippen LogP contribution in [0.2, 0.25) is 0 Å². The highest BCUT2D eigenvalue weighted by molar-refractivity contribution is 8.26. The minimum Gasteiger partial charge on any atom is -0.457 e. The summed E-state index contributed by atoms with van der Waals surface area (Å²) in [5.41, 5.74) is 3.85. The number of furan rings is 1. The minimum absolute atomic E-state index is 0.0486. The Morgan fingerprint density at radius 2 is 1.94 bits per heavy atom. The lowest BCUT2D eigenvalue weighted by Gasteiger charge is -2.15. The molecule has 0 radical (unpaired) electrons. The number of benzene rings is 2. The van der Waals surface area contributed by atoms with Gasteiger partial charge in [-0.2, -0.15) is 5.01 Å². The third-order valence-corrected chi connectivity index (χ3v) is 5.78. The highest BCUT2D eigenvalue weighted by atomic mass is 32.2.